The van der Waals surface area contributed by atoms with Crippen molar-refractivity contribution in [1.82, 2.24) is 5.06 Å². The summed E-state index contributed by atoms with van der Waals surface area (Å²) in [5, 5.41) is 1.73. The first kappa shape index (κ1) is 11.5. The molecule has 4 nitrogen and oxygen atoms in total. The zero-order valence-corrected chi connectivity index (χ0v) is 9.25. The SMILES string of the molecule is CC(C)(C)C(=O)ON1CC[C@H](CN)C1. The summed E-state index contributed by atoms with van der Waals surface area (Å²) in [6, 6.07) is 0. The van der Waals surface area contributed by atoms with Crippen LogP contribution in [0.2, 0.25) is 0 Å². The molecule has 0 spiro atoms. The summed E-state index contributed by atoms with van der Waals surface area (Å²) in [7, 11) is 0. The summed E-state index contributed by atoms with van der Waals surface area (Å²) in [5.41, 5.74) is 5.12. The van der Waals surface area contributed by atoms with Gasteiger partial charge in [0.2, 0.25) is 0 Å². The highest BCUT2D eigenvalue weighted by atomic mass is 16.7. The second kappa shape index (κ2) is 4.28. The lowest BCUT2D eigenvalue weighted by Crippen LogP contribution is -2.32. The van der Waals surface area contributed by atoms with E-state index in [4.69, 9.17) is 10.6 Å². The van der Waals surface area contributed by atoms with Crippen molar-refractivity contribution in [3.63, 3.8) is 0 Å². The van der Waals surface area contributed by atoms with E-state index >= 15 is 0 Å². The molecular weight excluding hydrogens is 180 g/mol. The van der Waals surface area contributed by atoms with Gasteiger partial charge >= 0.3 is 5.97 Å². The summed E-state index contributed by atoms with van der Waals surface area (Å²) >= 11 is 0. The lowest BCUT2D eigenvalue weighted by Gasteiger charge is -2.21. The van der Waals surface area contributed by atoms with E-state index in [-0.39, 0.29) is 5.97 Å². The number of nitrogens with two attached hydrogens (primary N) is 1. The van der Waals surface area contributed by atoms with Crippen molar-refractivity contribution < 1.29 is 9.63 Å². The van der Waals surface area contributed by atoms with Crippen molar-refractivity contribution in [3.8, 4) is 0 Å². The first-order chi connectivity index (χ1) is 6.43. The summed E-state index contributed by atoms with van der Waals surface area (Å²) in [4.78, 5) is 16.8. The van der Waals surface area contributed by atoms with Crippen LogP contribution < -0.4 is 5.73 Å². The smallest absolute Gasteiger partial charge is 0.330 e. The second-order valence-electron chi connectivity index (χ2n) is 4.91. The van der Waals surface area contributed by atoms with Crippen molar-refractivity contribution in [1.29, 1.82) is 0 Å². The molecule has 1 heterocycles. The molecule has 0 bridgehead atoms. The summed E-state index contributed by atoms with van der Waals surface area (Å²) < 4.78 is 0. The van der Waals surface area contributed by atoms with E-state index in [0.29, 0.717) is 12.5 Å². The molecule has 0 unspecified atom stereocenters. The van der Waals surface area contributed by atoms with Crippen LogP contribution in [0.15, 0.2) is 0 Å². The maximum atomic E-state index is 11.5. The van der Waals surface area contributed by atoms with E-state index in [9.17, 15) is 4.79 Å². The number of carbonyl (C=O) groups is 1. The number of carbonyl (C=O) groups excluding carboxylic acids is 1. The minimum Gasteiger partial charge on any atom is -0.367 e. The molecule has 1 rings (SSSR count). The van der Waals surface area contributed by atoms with Gasteiger partial charge in [0, 0.05) is 13.1 Å². The lowest BCUT2D eigenvalue weighted by atomic mass is 9.98. The zero-order valence-electron chi connectivity index (χ0n) is 9.25. The van der Waals surface area contributed by atoms with Crippen LogP contribution in [0, 0.1) is 11.3 Å². The van der Waals surface area contributed by atoms with E-state index in [0.717, 1.165) is 19.5 Å². The fraction of sp³-hybridized carbons (Fsp3) is 0.900. The number of hydrogen-bond acceptors (Lipinski definition) is 4. The van der Waals surface area contributed by atoms with Crippen LogP contribution in [0.1, 0.15) is 27.2 Å². The van der Waals surface area contributed by atoms with E-state index in [2.05, 4.69) is 0 Å². The zero-order chi connectivity index (χ0) is 10.8. The van der Waals surface area contributed by atoms with Crippen LogP contribution in [0.4, 0.5) is 0 Å². The molecule has 4 heteroatoms. The highest BCUT2D eigenvalue weighted by molar-refractivity contribution is 5.75. The molecule has 1 fully saturated rings. The molecule has 0 aromatic heterocycles. The largest absolute Gasteiger partial charge is 0.367 e. The Hall–Kier alpha value is -0.610. The van der Waals surface area contributed by atoms with Gasteiger partial charge < -0.3 is 10.6 Å². The van der Waals surface area contributed by atoms with E-state index in [1.807, 2.05) is 20.8 Å². The molecule has 82 valence electrons. The van der Waals surface area contributed by atoms with Gasteiger partial charge in [0.25, 0.3) is 0 Å². The molecular formula is C10H20N2O2. The van der Waals surface area contributed by atoms with Gasteiger partial charge in [-0.25, -0.2) is 4.79 Å². The molecule has 1 saturated heterocycles. The number of hydroxylamine groups is 2. The molecule has 1 atom stereocenters. The first-order valence-corrected chi connectivity index (χ1v) is 5.11. The number of hydrogen-bond donors (Lipinski definition) is 1. The molecule has 0 aromatic rings. The van der Waals surface area contributed by atoms with E-state index in [1.165, 1.54) is 0 Å². The Kier molecular flexibility index (Phi) is 3.50. The molecule has 14 heavy (non-hydrogen) atoms. The van der Waals surface area contributed by atoms with Crippen LogP contribution in [0.5, 0.6) is 0 Å². The van der Waals surface area contributed by atoms with Crippen molar-refractivity contribution in [3.05, 3.63) is 0 Å². The fourth-order valence-electron chi connectivity index (χ4n) is 1.33. The first-order valence-electron chi connectivity index (χ1n) is 5.11. The Balaban J connectivity index is 2.36. The molecule has 0 aromatic carbocycles. The quantitative estimate of drug-likeness (QED) is 0.715. The van der Waals surface area contributed by atoms with Crippen molar-refractivity contribution in [2.45, 2.75) is 27.2 Å². The van der Waals surface area contributed by atoms with Gasteiger partial charge in [0.1, 0.15) is 0 Å². The van der Waals surface area contributed by atoms with Crippen LogP contribution in [0.3, 0.4) is 0 Å². The normalized spacial score (nSPS) is 23.9. The van der Waals surface area contributed by atoms with Gasteiger partial charge in [0.15, 0.2) is 0 Å². The Bertz CT molecular complexity index is 211. The van der Waals surface area contributed by atoms with Crippen LogP contribution >= 0.6 is 0 Å². The Morgan fingerprint density at radius 2 is 2.21 bits per heavy atom. The topological polar surface area (TPSA) is 55.6 Å². The molecule has 0 saturated carbocycles. The van der Waals surface area contributed by atoms with Gasteiger partial charge in [-0.3, -0.25) is 0 Å². The minimum absolute atomic E-state index is 0.171. The molecule has 2 N–H and O–H groups in total. The minimum atomic E-state index is -0.430. The Morgan fingerprint density at radius 1 is 1.57 bits per heavy atom. The Labute approximate surface area is 85.3 Å². The highest BCUT2D eigenvalue weighted by Gasteiger charge is 2.29. The fourth-order valence-corrected chi connectivity index (χ4v) is 1.33. The van der Waals surface area contributed by atoms with Gasteiger partial charge in [-0.15, -0.1) is 5.06 Å². The average molecular weight is 200 g/mol. The van der Waals surface area contributed by atoms with E-state index < -0.39 is 5.41 Å². The van der Waals surface area contributed by atoms with E-state index in [1.54, 1.807) is 5.06 Å². The molecule has 0 aliphatic carbocycles. The predicted octanol–water partition coefficient (Wildman–Crippen LogP) is 0.771. The van der Waals surface area contributed by atoms with Crippen LogP contribution in [-0.4, -0.2) is 30.7 Å². The Morgan fingerprint density at radius 3 is 2.64 bits per heavy atom. The van der Waals surface area contributed by atoms with Crippen LogP contribution in [-0.2, 0) is 9.63 Å². The second-order valence-corrected chi connectivity index (χ2v) is 4.91. The van der Waals surface area contributed by atoms with Gasteiger partial charge in [0.05, 0.1) is 5.41 Å². The number of rotatable bonds is 2. The van der Waals surface area contributed by atoms with Crippen molar-refractivity contribution >= 4 is 5.97 Å². The maximum Gasteiger partial charge on any atom is 0.330 e. The van der Waals surface area contributed by atoms with Gasteiger partial charge in [-0.05, 0) is 39.7 Å². The molecule has 1 aliphatic heterocycles. The average Bonchev–Trinajstić information content (AvgIpc) is 2.50. The lowest BCUT2D eigenvalue weighted by molar-refractivity contribution is -0.195. The van der Waals surface area contributed by atoms with Crippen LogP contribution in [0.25, 0.3) is 0 Å². The summed E-state index contributed by atoms with van der Waals surface area (Å²) in [6.45, 7) is 7.81. The summed E-state index contributed by atoms with van der Waals surface area (Å²) in [6.07, 6.45) is 1.02. The number of nitrogens with zero attached hydrogens (tertiary/aromatic N) is 1. The van der Waals surface area contributed by atoms with Gasteiger partial charge in [-0.2, -0.15) is 0 Å². The highest BCUT2D eigenvalue weighted by Crippen LogP contribution is 2.20. The standard InChI is InChI=1S/C10H20N2O2/c1-10(2,3)9(13)14-12-5-4-8(6-11)7-12/h8H,4-7,11H2,1-3H3/t8-/m1/s1. The maximum absolute atomic E-state index is 11.5. The predicted molar refractivity (Wildman–Crippen MR) is 54.3 cm³/mol. The van der Waals surface area contributed by atoms with Crippen molar-refractivity contribution in [2.75, 3.05) is 19.6 Å². The molecule has 1 aliphatic rings. The third kappa shape index (κ3) is 2.96. The third-order valence-corrected chi connectivity index (χ3v) is 2.41. The van der Waals surface area contributed by atoms with Crippen molar-refractivity contribution in [2.24, 2.45) is 17.1 Å². The van der Waals surface area contributed by atoms with Gasteiger partial charge in [-0.1, -0.05) is 0 Å². The molecule has 0 radical (unpaired) electrons. The third-order valence-electron chi connectivity index (χ3n) is 2.41. The monoisotopic (exact) mass is 200 g/mol. The summed E-state index contributed by atoms with van der Waals surface area (Å²) in [5.74, 6) is 0.304. The molecule has 0 amide bonds.